The van der Waals surface area contributed by atoms with Crippen LogP contribution in [0.4, 0.5) is 5.69 Å². The number of hydrogen-bond donors (Lipinski definition) is 2. The van der Waals surface area contributed by atoms with Gasteiger partial charge in [0, 0.05) is 11.7 Å². The fourth-order valence-corrected chi connectivity index (χ4v) is 2.03. The van der Waals surface area contributed by atoms with Gasteiger partial charge in [0.25, 0.3) is 0 Å². The van der Waals surface area contributed by atoms with Gasteiger partial charge < -0.3 is 10.4 Å². The minimum Gasteiger partial charge on any atom is -0.481 e. The number of carboxylic acid groups (broad SMARTS) is 1. The molecule has 2 atom stereocenters. The number of hydrogen-bond acceptors (Lipinski definition) is 2. The molecule has 16 heavy (non-hydrogen) atoms. The molecule has 0 spiro atoms. The molecule has 3 heteroatoms. The van der Waals surface area contributed by atoms with Crippen LogP contribution in [0, 0.1) is 5.92 Å². The van der Waals surface area contributed by atoms with Gasteiger partial charge in [-0.1, -0.05) is 12.1 Å². The topological polar surface area (TPSA) is 49.3 Å². The van der Waals surface area contributed by atoms with Crippen molar-refractivity contribution in [3.05, 3.63) is 29.8 Å². The summed E-state index contributed by atoms with van der Waals surface area (Å²) in [5.41, 5.74) is 2.21. The van der Waals surface area contributed by atoms with Gasteiger partial charge in [0.05, 0.1) is 5.92 Å². The van der Waals surface area contributed by atoms with Crippen LogP contribution < -0.4 is 5.32 Å². The summed E-state index contributed by atoms with van der Waals surface area (Å²) in [4.78, 5) is 10.8. The lowest BCUT2D eigenvalue weighted by molar-refractivity contribution is -0.138. The van der Waals surface area contributed by atoms with Crippen molar-refractivity contribution in [2.45, 2.75) is 32.2 Å². The second-order valence-electron chi connectivity index (χ2n) is 4.71. The van der Waals surface area contributed by atoms with E-state index in [-0.39, 0.29) is 11.8 Å². The van der Waals surface area contributed by atoms with Gasteiger partial charge in [-0.05, 0) is 43.9 Å². The van der Waals surface area contributed by atoms with Crippen molar-refractivity contribution in [2.75, 3.05) is 5.32 Å². The highest BCUT2D eigenvalue weighted by atomic mass is 16.4. The number of carboxylic acids is 1. The van der Waals surface area contributed by atoms with Gasteiger partial charge in [0.15, 0.2) is 0 Å². The molecule has 0 radical (unpaired) electrons. The van der Waals surface area contributed by atoms with Gasteiger partial charge >= 0.3 is 5.97 Å². The molecular weight excluding hydrogens is 202 g/mol. The van der Waals surface area contributed by atoms with Gasteiger partial charge in [-0.15, -0.1) is 0 Å². The first-order valence-corrected chi connectivity index (χ1v) is 5.67. The molecule has 1 saturated carbocycles. The maximum atomic E-state index is 10.8. The Hall–Kier alpha value is -1.51. The second kappa shape index (κ2) is 4.16. The first-order valence-electron chi connectivity index (χ1n) is 5.67. The largest absolute Gasteiger partial charge is 0.481 e. The van der Waals surface area contributed by atoms with Crippen molar-refractivity contribution >= 4 is 11.7 Å². The van der Waals surface area contributed by atoms with Crippen LogP contribution in [0.2, 0.25) is 0 Å². The Bertz CT molecular complexity index is 401. The van der Waals surface area contributed by atoms with Gasteiger partial charge in [-0.25, -0.2) is 0 Å². The van der Waals surface area contributed by atoms with Crippen molar-refractivity contribution in [2.24, 2.45) is 5.92 Å². The number of rotatable bonds is 4. The van der Waals surface area contributed by atoms with Crippen molar-refractivity contribution in [3.63, 3.8) is 0 Å². The third-order valence-corrected chi connectivity index (χ3v) is 2.88. The van der Waals surface area contributed by atoms with E-state index in [1.54, 1.807) is 0 Å². The molecule has 0 bridgehead atoms. The minimum absolute atomic E-state index is 0.172. The zero-order valence-corrected chi connectivity index (χ0v) is 9.60. The predicted octanol–water partition coefficient (Wildman–Crippen LogP) is 2.70. The summed E-state index contributed by atoms with van der Waals surface area (Å²) >= 11 is 0. The van der Waals surface area contributed by atoms with E-state index in [4.69, 9.17) is 5.11 Å². The molecule has 0 amide bonds. The van der Waals surface area contributed by atoms with E-state index in [0.29, 0.717) is 6.04 Å². The molecule has 1 fully saturated rings. The molecule has 1 aliphatic carbocycles. The smallest absolute Gasteiger partial charge is 0.307 e. The molecule has 0 aliphatic heterocycles. The Kier molecular flexibility index (Phi) is 2.86. The molecule has 1 aromatic carbocycles. The Balaban J connectivity index is 2.09. The van der Waals surface area contributed by atoms with Crippen LogP contribution in [0.25, 0.3) is 0 Å². The Morgan fingerprint density at radius 3 is 2.81 bits per heavy atom. The van der Waals surface area contributed by atoms with Crippen molar-refractivity contribution in [3.8, 4) is 0 Å². The lowest BCUT2D eigenvalue weighted by atomic mass is 10.1. The van der Waals surface area contributed by atoms with Crippen LogP contribution in [0.15, 0.2) is 24.3 Å². The van der Waals surface area contributed by atoms with E-state index >= 15 is 0 Å². The molecule has 0 heterocycles. The van der Waals surface area contributed by atoms with Crippen LogP contribution in [-0.2, 0) is 4.79 Å². The van der Waals surface area contributed by atoms with Gasteiger partial charge in [0.1, 0.15) is 0 Å². The summed E-state index contributed by atoms with van der Waals surface area (Å²) < 4.78 is 0. The number of aliphatic carboxylic acids is 1. The minimum atomic E-state index is -0.674. The van der Waals surface area contributed by atoms with E-state index in [1.807, 2.05) is 18.2 Å². The second-order valence-corrected chi connectivity index (χ2v) is 4.71. The van der Waals surface area contributed by atoms with Crippen molar-refractivity contribution < 1.29 is 9.90 Å². The summed E-state index contributed by atoms with van der Waals surface area (Å²) in [6.07, 6.45) is 0.778. The zero-order chi connectivity index (χ0) is 11.7. The van der Waals surface area contributed by atoms with Crippen LogP contribution >= 0.6 is 0 Å². The summed E-state index contributed by atoms with van der Waals surface area (Å²) in [5.74, 6) is -0.632. The van der Waals surface area contributed by atoms with Crippen LogP contribution in [0.5, 0.6) is 0 Å². The molecule has 86 valence electrons. The highest BCUT2D eigenvalue weighted by Crippen LogP contribution is 2.47. The third-order valence-electron chi connectivity index (χ3n) is 2.88. The lowest BCUT2D eigenvalue weighted by Gasteiger charge is -2.11. The first kappa shape index (κ1) is 11.0. The average Bonchev–Trinajstić information content (AvgIpc) is 2.96. The van der Waals surface area contributed by atoms with Gasteiger partial charge in [-0.2, -0.15) is 0 Å². The highest BCUT2D eigenvalue weighted by Gasteiger charge is 2.44. The van der Waals surface area contributed by atoms with Crippen molar-refractivity contribution in [1.82, 2.24) is 0 Å². The molecule has 1 aliphatic rings. The predicted molar refractivity (Wildman–Crippen MR) is 63.7 cm³/mol. The molecular formula is C13H17NO2. The summed E-state index contributed by atoms with van der Waals surface area (Å²) in [6, 6.07) is 8.47. The van der Waals surface area contributed by atoms with E-state index in [9.17, 15) is 4.79 Å². The first-order chi connectivity index (χ1) is 7.58. The van der Waals surface area contributed by atoms with E-state index in [1.165, 1.54) is 0 Å². The molecule has 2 N–H and O–H groups in total. The zero-order valence-electron chi connectivity index (χ0n) is 9.60. The summed E-state index contributed by atoms with van der Waals surface area (Å²) in [7, 11) is 0. The van der Waals surface area contributed by atoms with Gasteiger partial charge in [0.2, 0.25) is 0 Å². The standard InChI is InChI=1S/C13H17NO2/c1-8(2)14-10-5-3-4-9(6-10)11-7-12(11)13(15)16/h3-6,8,11-12,14H,7H2,1-2H3,(H,15,16). The summed E-state index contributed by atoms with van der Waals surface area (Å²) in [5, 5.41) is 12.2. The molecule has 0 saturated heterocycles. The van der Waals surface area contributed by atoms with Crippen LogP contribution in [0.1, 0.15) is 31.7 Å². The Morgan fingerprint density at radius 2 is 2.25 bits per heavy atom. The maximum Gasteiger partial charge on any atom is 0.307 e. The molecule has 1 aromatic rings. The summed E-state index contributed by atoms with van der Waals surface area (Å²) in [6.45, 7) is 4.17. The van der Waals surface area contributed by atoms with E-state index in [2.05, 4.69) is 25.2 Å². The number of carbonyl (C=O) groups is 1. The third kappa shape index (κ3) is 2.35. The van der Waals surface area contributed by atoms with E-state index in [0.717, 1.165) is 17.7 Å². The Morgan fingerprint density at radius 1 is 1.50 bits per heavy atom. The van der Waals surface area contributed by atoms with Crippen LogP contribution in [-0.4, -0.2) is 17.1 Å². The maximum absolute atomic E-state index is 10.8. The lowest BCUT2D eigenvalue weighted by Crippen LogP contribution is -2.09. The number of nitrogens with one attached hydrogen (secondary N) is 1. The highest BCUT2D eigenvalue weighted by molar-refractivity contribution is 5.75. The number of anilines is 1. The van der Waals surface area contributed by atoms with E-state index < -0.39 is 5.97 Å². The molecule has 2 rings (SSSR count). The van der Waals surface area contributed by atoms with Gasteiger partial charge in [-0.3, -0.25) is 4.79 Å². The SMILES string of the molecule is CC(C)Nc1cccc(C2CC2C(=O)O)c1. The fraction of sp³-hybridized carbons (Fsp3) is 0.462. The number of benzene rings is 1. The molecule has 0 aromatic heterocycles. The van der Waals surface area contributed by atoms with Crippen molar-refractivity contribution in [1.29, 1.82) is 0 Å². The molecule has 3 nitrogen and oxygen atoms in total. The fourth-order valence-electron chi connectivity index (χ4n) is 2.03. The normalized spacial score (nSPS) is 23.2. The quantitative estimate of drug-likeness (QED) is 0.818. The van der Waals surface area contributed by atoms with Crippen LogP contribution in [0.3, 0.4) is 0 Å². The Labute approximate surface area is 95.5 Å². The monoisotopic (exact) mass is 219 g/mol. The molecule has 2 unspecified atom stereocenters. The average molecular weight is 219 g/mol.